The van der Waals surface area contributed by atoms with Crippen LogP contribution in [0, 0.1) is 10.1 Å². The molecule has 0 saturated carbocycles. The maximum absolute atomic E-state index is 10.9. The molecule has 0 amide bonds. The minimum atomic E-state index is -0.252. The number of hydrogen-bond acceptors (Lipinski definition) is 3. The van der Waals surface area contributed by atoms with Gasteiger partial charge in [0.1, 0.15) is 0 Å². The van der Waals surface area contributed by atoms with Gasteiger partial charge in [0.05, 0.1) is 5.92 Å². The van der Waals surface area contributed by atoms with Gasteiger partial charge in [-0.05, 0) is 23.3 Å². The molecule has 1 unspecified atom stereocenters. The van der Waals surface area contributed by atoms with E-state index in [4.69, 9.17) is 0 Å². The van der Waals surface area contributed by atoms with E-state index in [1.807, 2.05) is 73.6 Å². The highest BCUT2D eigenvalue weighted by atomic mass is 16.6. The van der Waals surface area contributed by atoms with Crippen molar-refractivity contribution in [1.29, 1.82) is 0 Å². The van der Waals surface area contributed by atoms with Crippen LogP contribution in [-0.2, 0) is 0 Å². The molecule has 0 radical (unpaired) electrons. The molecule has 2 aromatic rings. The summed E-state index contributed by atoms with van der Waals surface area (Å²) in [5.41, 5.74) is 3.03. The fourth-order valence-corrected chi connectivity index (χ4v) is 2.24. The van der Waals surface area contributed by atoms with Crippen LogP contribution in [0.15, 0.2) is 54.6 Å². The summed E-state index contributed by atoms with van der Waals surface area (Å²) in [4.78, 5) is 12.7. The summed E-state index contributed by atoms with van der Waals surface area (Å²) >= 11 is 0. The number of benzene rings is 2. The quantitative estimate of drug-likeness (QED) is 0.619. The molecule has 0 fully saturated rings. The van der Waals surface area contributed by atoms with Crippen LogP contribution >= 0.6 is 0 Å². The van der Waals surface area contributed by atoms with Gasteiger partial charge >= 0.3 is 0 Å². The van der Waals surface area contributed by atoms with Crippen molar-refractivity contribution < 1.29 is 4.92 Å². The average molecular weight is 270 g/mol. The van der Waals surface area contributed by atoms with Crippen molar-refractivity contribution in [2.24, 2.45) is 0 Å². The van der Waals surface area contributed by atoms with Crippen LogP contribution in [0.5, 0.6) is 0 Å². The highest BCUT2D eigenvalue weighted by molar-refractivity contribution is 5.47. The normalized spacial score (nSPS) is 11.9. The van der Waals surface area contributed by atoms with Crippen LogP contribution in [0.1, 0.15) is 17.0 Å². The molecule has 4 nitrogen and oxygen atoms in total. The Balaban J connectivity index is 2.34. The van der Waals surface area contributed by atoms with Crippen molar-refractivity contribution in [3.05, 3.63) is 75.8 Å². The Labute approximate surface area is 118 Å². The first-order valence-electron chi connectivity index (χ1n) is 6.52. The highest BCUT2D eigenvalue weighted by Crippen LogP contribution is 2.26. The fraction of sp³-hybridized carbons (Fsp3) is 0.250. The van der Waals surface area contributed by atoms with E-state index in [0.717, 1.165) is 16.8 Å². The van der Waals surface area contributed by atoms with Crippen LogP contribution < -0.4 is 4.90 Å². The van der Waals surface area contributed by atoms with E-state index in [0.29, 0.717) is 0 Å². The smallest absolute Gasteiger partial charge is 0.214 e. The Morgan fingerprint density at radius 1 is 1.00 bits per heavy atom. The number of nitrogens with zero attached hydrogens (tertiary/aromatic N) is 2. The lowest BCUT2D eigenvalue weighted by Crippen LogP contribution is -2.14. The molecule has 0 N–H and O–H groups in total. The van der Waals surface area contributed by atoms with Crippen molar-refractivity contribution in [2.45, 2.75) is 5.92 Å². The minimum absolute atomic E-state index is 0.0919. The average Bonchev–Trinajstić information content (AvgIpc) is 2.45. The number of nitro groups is 1. The molecule has 20 heavy (non-hydrogen) atoms. The summed E-state index contributed by atoms with van der Waals surface area (Å²) in [6.45, 7) is -0.0919. The van der Waals surface area contributed by atoms with Crippen molar-refractivity contribution in [2.75, 3.05) is 25.5 Å². The standard InChI is InChI=1S/C16H18N2O2/c1-17(2)15-10-8-14(9-11-15)16(12-18(19)20)13-6-4-3-5-7-13/h3-11,16H,12H2,1-2H3. The summed E-state index contributed by atoms with van der Waals surface area (Å²) in [5, 5.41) is 10.9. The van der Waals surface area contributed by atoms with Gasteiger partial charge in [-0.25, -0.2) is 0 Å². The van der Waals surface area contributed by atoms with Crippen molar-refractivity contribution >= 4 is 5.69 Å². The second-order valence-electron chi connectivity index (χ2n) is 4.96. The summed E-state index contributed by atoms with van der Waals surface area (Å²) < 4.78 is 0. The van der Waals surface area contributed by atoms with Crippen LogP contribution in [0.3, 0.4) is 0 Å². The molecule has 0 heterocycles. The van der Waals surface area contributed by atoms with Gasteiger partial charge in [-0.3, -0.25) is 10.1 Å². The monoisotopic (exact) mass is 270 g/mol. The third kappa shape index (κ3) is 3.35. The number of anilines is 1. The SMILES string of the molecule is CN(C)c1ccc(C(C[N+](=O)[O-])c2ccccc2)cc1. The molecular weight excluding hydrogens is 252 g/mol. The van der Waals surface area contributed by atoms with Crippen LogP contribution in [0.2, 0.25) is 0 Å². The first-order valence-corrected chi connectivity index (χ1v) is 6.52. The topological polar surface area (TPSA) is 46.4 Å². The molecule has 0 saturated heterocycles. The van der Waals surface area contributed by atoms with E-state index in [1.54, 1.807) is 0 Å². The molecule has 0 aliphatic carbocycles. The van der Waals surface area contributed by atoms with Gasteiger partial charge in [0, 0.05) is 24.7 Å². The zero-order valence-electron chi connectivity index (χ0n) is 11.7. The molecule has 104 valence electrons. The van der Waals surface area contributed by atoms with E-state index in [2.05, 4.69) is 0 Å². The predicted octanol–water partition coefficient (Wildman–Crippen LogP) is 3.16. The Bertz CT molecular complexity index is 565. The Morgan fingerprint density at radius 3 is 2.05 bits per heavy atom. The molecule has 0 aromatic heterocycles. The van der Waals surface area contributed by atoms with Gasteiger partial charge in [0.15, 0.2) is 0 Å². The Kier molecular flexibility index (Phi) is 4.35. The lowest BCUT2D eigenvalue weighted by molar-refractivity contribution is -0.481. The lowest BCUT2D eigenvalue weighted by atomic mass is 9.91. The van der Waals surface area contributed by atoms with Gasteiger partial charge in [-0.15, -0.1) is 0 Å². The van der Waals surface area contributed by atoms with Crippen LogP contribution in [0.25, 0.3) is 0 Å². The van der Waals surface area contributed by atoms with Gasteiger partial charge in [0.2, 0.25) is 6.54 Å². The zero-order valence-corrected chi connectivity index (χ0v) is 11.7. The van der Waals surface area contributed by atoms with E-state index in [1.165, 1.54) is 0 Å². The summed E-state index contributed by atoms with van der Waals surface area (Å²) in [7, 11) is 3.95. The highest BCUT2D eigenvalue weighted by Gasteiger charge is 2.19. The van der Waals surface area contributed by atoms with E-state index >= 15 is 0 Å². The molecule has 2 rings (SSSR count). The first kappa shape index (κ1) is 14.1. The molecule has 0 bridgehead atoms. The molecule has 0 spiro atoms. The van der Waals surface area contributed by atoms with Crippen molar-refractivity contribution in [3.8, 4) is 0 Å². The number of rotatable bonds is 5. The van der Waals surface area contributed by atoms with Gasteiger partial charge in [0.25, 0.3) is 0 Å². The first-order chi connectivity index (χ1) is 9.58. The van der Waals surface area contributed by atoms with E-state index in [-0.39, 0.29) is 17.4 Å². The Hall–Kier alpha value is -2.36. The summed E-state index contributed by atoms with van der Waals surface area (Å²) in [6, 6.07) is 17.5. The van der Waals surface area contributed by atoms with Gasteiger partial charge in [-0.2, -0.15) is 0 Å². The predicted molar refractivity (Wildman–Crippen MR) is 80.9 cm³/mol. The fourth-order valence-electron chi connectivity index (χ4n) is 2.24. The molecule has 4 heteroatoms. The summed E-state index contributed by atoms with van der Waals surface area (Å²) in [5.74, 6) is -0.206. The molecule has 2 aromatic carbocycles. The minimum Gasteiger partial charge on any atom is -0.378 e. The maximum atomic E-state index is 10.9. The third-order valence-corrected chi connectivity index (χ3v) is 3.35. The Morgan fingerprint density at radius 2 is 1.55 bits per heavy atom. The van der Waals surface area contributed by atoms with Gasteiger partial charge in [-0.1, -0.05) is 42.5 Å². The van der Waals surface area contributed by atoms with E-state index < -0.39 is 0 Å². The van der Waals surface area contributed by atoms with Crippen LogP contribution in [-0.4, -0.2) is 25.6 Å². The number of hydrogen-bond donors (Lipinski definition) is 0. The zero-order chi connectivity index (χ0) is 14.5. The summed E-state index contributed by atoms with van der Waals surface area (Å²) in [6.07, 6.45) is 0. The molecule has 0 aliphatic heterocycles. The lowest BCUT2D eigenvalue weighted by Gasteiger charge is -2.16. The van der Waals surface area contributed by atoms with E-state index in [9.17, 15) is 10.1 Å². The van der Waals surface area contributed by atoms with Crippen molar-refractivity contribution in [3.63, 3.8) is 0 Å². The third-order valence-electron chi connectivity index (χ3n) is 3.35. The van der Waals surface area contributed by atoms with Gasteiger partial charge < -0.3 is 4.90 Å². The second-order valence-corrected chi connectivity index (χ2v) is 4.96. The largest absolute Gasteiger partial charge is 0.378 e. The van der Waals surface area contributed by atoms with Crippen LogP contribution in [0.4, 0.5) is 5.69 Å². The molecule has 0 aliphatic rings. The second kappa shape index (κ2) is 6.19. The molecule has 1 atom stereocenters. The molecular formula is C16H18N2O2. The maximum Gasteiger partial charge on any atom is 0.214 e. The van der Waals surface area contributed by atoms with Crippen molar-refractivity contribution in [1.82, 2.24) is 0 Å².